The Bertz CT molecular complexity index is 719. The van der Waals surface area contributed by atoms with Crippen LogP contribution in [0.5, 0.6) is 0 Å². The minimum absolute atomic E-state index is 0.128. The highest BCUT2D eigenvalue weighted by molar-refractivity contribution is 6.08. The SMILES string of the molecule is COC(=O)Cc1cc([N+](=O)[O-])c2[nH]cc(C(N)=O)c2c1. The maximum atomic E-state index is 11.3. The number of aromatic nitrogens is 1. The van der Waals surface area contributed by atoms with Crippen molar-refractivity contribution in [3.05, 3.63) is 39.6 Å². The summed E-state index contributed by atoms with van der Waals surface area (Å²) in [6.07, 6.45) is 1.18. The number of aromatic amines is 1. The van der Waals surface area contributed by atoms with Crippen LogP contribution < -0.4 is 5.73 Å². The van der Waals surface area contributed by atoms with Crippen LogP contribution in [0.4, 0.5) is 5.69 Å². The van der Waals surface area contributed by atoms with E-state index in [9.17, 15) is 19.7 Å². The summed E-state index contributed by atoms with van der Waals surface area (Å²) in [7, 11) is 1.22. The molecule has 0 unspecified atom stereocenters. The molecule has 0 aliphatic rings. The zero-order chi connectivity index (χ0) is 14.9. The van der Waals surface area contributed by atoms with Crippen molar-refractivity contribution in [3.63, 3.8) is 0 Å². The highest BCUT2D eigenvalue weighted by Gasteiger charge is 2.20. The molecule has 104 valence electrons. The first kappa shape index (κ1) is 13.5. The van der Waals surface area contributed by atoms with Crippen molar-refractivity contribution in [2.45, 2.75) is 6.42 Å². The molecule has 0 bridgehead atoms. The molecule has 0 saturated heterocycles. The fourth-order valence-electron chi connectivity index (χ4n) is 1.96. The fourth-order valence-corrected chi connectivity index (χ4v) is 1.96. The largest absolute Gasteiger partial charge is 0.469 e. The Labute approximate surface area is 112 Å². The van der Waals surface area contributed by atoms with E-state index < -0.39 is 16.8 Å². The number of carbonyl (C=O) groups excluding carboxylic acids is 2. The van der Waals surface area contributed by atoms with Crippen molar-refractivity contribution in [1.82, 2.24) is 4.98 Å². The number of nitrogens with zero attached hydrogens (tertiary/aromatic N) is 1. The van der Waals surface area contributed by atoms with E-state index in [1.807, 2.05) is 0 Å². The Kier molecular flexibility index (Phi) is 3.38. The molecule has 0 atom stereocenters. The first-order chi connectivity index (χ1) is 9.43. The number of nitrogens with two attached hydrogens (primary N) is 1. The molecule has 2 rings (SSSR count). The number of carbonyl (C=O) groups is 2. The highest BCUT2D eigenvalue weighted by Crippen LogP contribution is 2.29. The third kappa shape index (κ3) is 2.30. The van der Waals surface area contributed by atoms with Gasteiger partial charge in [0.15, 0.2) is 0 Å². The summed E-state index contributed by atoms with van der Waals surface area (Å²) >= 11 is 0. The summed E-state index contributed by atoms with van der Waals surface area (Å²) in [5.41, 5.74) is 5.68. The summed E-state index contributed by atoms with van der Waals surface area (Å²) in [6.45, 7) is 0. The van der Waals surface area contributed by atoms with Gasteiger partial charge >= 0.3 is 5.97 Å². The molecule has 3 N–H and O–H groups in total. The lowest BCUT2D eigenvalue weighted by molar-refractivity contribution is -0.383. The average molecular weight is 277 g/mol. The number of nitrogens with one attached hydrogen (secondary N) is 1. The minimum Gasteiger partial charge on any atom is -0.469 e. The van der Waals surface area contributed by atoms with E-state index in [0.29, 0.717) is 10.9 Å². The van der Waals surface area contributed by atoms with E-state index in [1.165, 1.54) is 25.4 Å². The van der Waals surface area contributed by atoms with Gasteiger partial charge in [0, 0.05) is 17.6 Å². The van der Waals surface area contributed by atoms with Crippen molar-refractivity contribution in [1.29, 1.82) is 0 Å². The Balaban J connectivity index is 2.66. The monoisotopic (exact) mass is 277 g/mol. The molecule has 0 spiro atoms. The Hall–Kier alpha value is -2.90. The van der Waals surface area contributed by atoms with Crippen molar-refractivity contribution in [2.24, 2.45) is 5.73 Å². The number of H-pyrrole nitrogens is 1. The fraction of sp³-hybridized carbons (Fsp3) is 0.167. The number of nitro groups is 1. The summed E-state index contributed by atoms with van der Waals surface area (Å²) in [5.74, 6) is -1.24. The molecule has 1 aromatic heterocycles. The Morgan fingerprint density at radius 3 is 2.70 bits per heavy atom. The standard InChI is InChI=1S/C12H11N3O5/c1-20-10(16)4-6-2-7-8(12(13)17)5-14-11(7)9(3-6)15(18)19/h2-3,5,14H,4H2,1H3,(H2,13,17). The molecule has 0 fully saturated rings. The maximum Gasteiger partial charge on any atom is 0.309 e. The number of non-ortho nitro benzene ring substituents is 1. The van der Waals surface area contributed by atoms with Crippen LogP contribution in [0.25, 0.3) is 10.9 Å². The van der Waals surface area contributed by atoms with Crippen LogP contribution in [0.1, 0.15) is 15.9 Å². The van der Waals surface area contributed by atoms with Crippen LogP contribution in [0.2, 0.25) is 0 Å². The van der Waals surface area contributed by atoms with Crippen molar-refractivity contribution < 1.29 is 19.2 Å². The second kappa shape index (κ2) is 5.00. The molecule has 0 aliphatic carbocycles. The molecule has 1 heterocycles. The zero-order valence-electron chi connectivity index (χ0n) is 10.5. The van der Waals surface area contributed by atoms with Gasteiger partial charge in [0.2, 0.25) is 0 Å². The molecule has 8 nitrogen and oxygen atoms in total. The quantitative estimate of drug-likeness (QED) is 0.487. The second-order valence-corrected chi connectivity index (χ2v) is 4.11. The van der Waals surface area contributed by atoms with Crippen molar-refractivity contribution >= 4 is 28.5 Å². The van der Waals surface area contributed by atoms with Gasteiger partial charge in [-0.1, -0.05) is 0 Å². The maximum absolute atomic E-state index is 11.3. The Morgan fingerprint density at radius 2 is 2.15 bits per heavy atom. The van der Waals surface area contributed by atoms with Gasteiger partial charge in [-0.05, 0) is 11.6 Å². The predicted octanol–water partition coefficient (Wildman–Crippen LogP) is 0.891. The molecule has 0 saturated carbocycles. The third-order valence-electron chi connectivity index (χ3n) is 2.87. The van der Waals surface area contributed by atoms with Crippen LogP contribution >= 0.6 is 0 Å². The topological polar surface area (TPSA) is 128 Å². The number of methoxy groups -OCH3 is 1. The molecular weight excluding hydrogens is 266 g/mol. The van der Waals surface area contributed by atoms with Crippen LogP contribution in [-0.2, 0) is 16.0 Å². The molecular formula is C12H11N3O5. The molecule has 1 amide bonds. The van der Waals surface area contributed by atoms with Gasteiger partial charge in [0.05, 0.1) is 24.0 Å². The lowest BCUT2D eigenvalue weighted by atomic mass is 10.1. The molecule has 20 heavy (non-hydrogen) atoms. The summed E-state index contributed by atoms with van der Waals surface area (Å²) < 4.78 is 4.52. The molecule has 1 aromatic carbocycles. The van der Waals surface area contributed by atoms with E-state index in [2.05, 4.69) is 9.72 Å². The number of fused-ring (bicyclic) bond motifs is 1. The highest BCUT2D eigenvalue weighted by atomic mass is 16.6. The van der Waals surface area contributed by atoms with Gasteiger partial charge in [-0.25, -0.2) is 0 Å². The smallest absolute Gasteiger partial charge is 0.309 e. The number of rotatable bonds is 4. The van der Waals surface area contributed by atoms with E-state index in [4.69, 9.17) is 5.73 Å². The number of benzene rings is 1. The number of ether oxygens (including phenoxy) is 1. The number of hydrogen-bond acceptors (Lipinski definition) is 5. The Morgan fingerprint density at radius 1 is 1.45 bits per heavy atom. The normalized spacial score (nSPS) is 10.4. The molecule has 2 aromatic rings. The lowest BCUT2D eigenvalue weighted by Gasteiger charge is -2.02. The van der Waals surface area contributed by atoms with Gasteiger partial charge < -0.3 is 15.5 Å². The van der Waals surface area contributed by atoms with E-state index in [-0.39, 0.29) is 23.2 Å². The number of amides is 1. The molecule has 0 radical (unpaired) electrons. The van der Waals surface area contributed by atoms with Gasteiger partial charge in [0.25, 0.3) is 11.6 Å². The zero-order valence-corrected chi connectivity index (χ0v) is 10.5. The number of esters is 1. The van der Waals surface area contributed by atoms with Gasteiger partial charge in [-0.3, -0.25) is 19.7 Å². The average Bonchev–Trinajstić information content (AvgIpc) is 2.81. The number of hydrogen-bond donors (Lipinski definition) is 2. The van der Waals surface area contributed by atoms with Gasteiger partial charge in [-0.2, -0.15) is 0 Å². The first-order valence-corrected chi connectivity index (χ1v) is 5.59. The summed E-state index contributed by atoms with van der Waals surface area (Å²) in [5, 5.41) is 11.4. The lowest BCUT2D eigenvalue weighted by Crippen LogP contribution is -2.10. The second-order valence-electron chi connectivity index (χ2n) is 4.11. The predicted molar refractivity (Wildman–Crippen MR) is 69.2 cm³/mol. The first-order valence-electron chi connectivity index (χ1n) is 5.59. The van der Waals surface area contributed by atoms with Crippen LogP contribution in [0, 0.1) is 10.1 Å². The summed E-state index contributed by atoms with van der Waals surface area (Å²) in [4.78, 5) is 35.7. The van der Waals surface area contributed by atoms with Crippen LogP contribution in [-0.4, -0.2) is 28.9 Å². The van der Waals surface area contributed by atoms with Gasteiger partial charge in [-0.15, -0.1) is 0 Å². The summed E-state index contributed by atoms with van der Waals surface area (Å²) in [6, 6.07) is 2.77. The van der Waals surface area contributed by atoms with Crippen LogP contribution in [0.3, 0.4) is 0 Å². The van der Waals surface area contributed by atoms with E-state index in [1.54, 1.807) is 0 Å². The van der Waals surface area contributed by atoms with Crippen LogP contribution in [0.15, 0.2) is 18.3 Å². The van der Waals surface area contributed by atoms with Crippen molar-refractivity contribution in [2.75, 3.05) is 7.11 Å². The molecule has 8 heteroatoms. The minimum atomic E-state index is -0.708. The van der Waals surface area contributed by atoms with Gasteiger partial charge in [0.1, 0.15) is 5.52 Å². The van der Waals surface area contributed by atoms with E-state index >= 15 is 0 Å². The molecule has 0 aliphatic heterocycles. The number of nitro benzene ring substituents is 1. The number of primary amides is 1. The van der Waals surface area contributed by atoms with E-state index in [0.717, 1.165) is 0 Å². The van der Waals surface area contributed by atoms with Crippen molar-refractivity contribution in [3.8, 4) is 0 Å². The third-order valence-corrected chi connectivity index (χ3v) is 2.87.